The van der Waals surface area contributed by atoms with Crippen LogP contribution in [0.25, 0.3) is 0 Å². The lowest BCUT2D eigenvalue weighted by molar-refractivity contribution is -0.0501. The summed E-state index contributed by atoms with van der Waals surface area (Å²) in [4.78, 5) is 12.2. The molecule has 0 unspecified atom stereocenters. The molecule has 0 aliphatic rings. The van der Waals surface area contributed by atoms with E-state index in [0.29, 0.717) is 5.69 Å². The third-order valence-corrected chi connectivity index (χ3v) is 3.38. The van der Waals surface area contributed by atoms with Crippen LogP contribution in [0.4, 0.5) is 20.2 Å². The molecule has 0 heterocycles. The molecule has 128 valence electrons. The Balaban J connectivity index is 2.20. The molecule has 0 radical (unpaired) electrons. The molecule has 0 saturated heterocycles. The maximum absolute atomic E-state index is 12.4. The summed E-state index contributed by atoms with van der Waals surface area (Å²) in [6, 6.07) is 11.5. The van der Waals surface area contributed by atoms with Crippen molar-refractivity contribution >= 4 is 27.3 Å². The van der Waals surface area contributed by atoms with E-state index >= 15 is 0 Å². The zero-order valence-electron chi connectivity index (χ0n) is 12.5. The van der Waals surface area contributed by atoms with Crippen molar-refractivity contribution in [3.63, 3.8) is 0 Å². The zero-order chi connectivity index (χ0) is 17.7. The molecule has 2 aromatic rings. The summed E-state index contributed by atoms with van der Waals surface area (Å²) in [6.07, 6.45) is 0.996. The Morgan fingerprint density at radius 2 is 1.75 bits per heavy atom. The quantitative estimate of drug-likeness (QED) is 0.833. The van der Waals surface area contributed by atoms with Gasteiger partial charge in [-0.1, -0.05) is 18.2 Å². The summed E-state index contributed by atoms with van der Waals surface area (Å²) >= 11 is 0. The number of benzene rings is 2. The second-order valence-electron chi connectivity index (χ2n) is 4.78. The van der Waals surface area contributed by atoms with Gasteiger partial charge in [-0.3, -0.25) is 9.52 Å². The van der Waals surface area contributed by atoms with E-state index < -0.39 is 22.5 Å². The Morgan fingerprint density at radius 3 is 2.42 bits per heavy atom. The molecule has 0 atom stereocenters. The standard InChI is InChI=1S/C15H14F2N2O4S/c1-24(21,22)19-11-6-4-5-10(9-11)18-14(20)12-7-2-3-8-13(12)23-15(16)17/h2-9,15,19H,1H3,(H,18,20). The molecule has 0 aliphatic heterocycles. The fourth-order valence-corrected chi connectivity index (χ4v) is 2.48. The number of halogens is 2. The Bertz CT molecular complexity index is 841. The molecule has 0 bridgehead atoms. The van der Waals surface area contributed by atoms with Gasteiger partial charge in [0.15, 0.2) is 0 Å². The minimum atomic E-state index is -3.46. The lowest BCUT2D eigenvalue weighted by Crippen LogP contribution is -2.15. The summed E-state index contributed by atoms with van der Waals surface area (Å²) in [6.45, 7) is -3.05. The van der Waals surface area contributed by atoms with E-state index in [1.807, 2.05) is 0 Å². The van der Waals surface area contributed by atoms with Gasteiger partial charge in [0.2, 0.25) is 10.0 Å². The van der Waals surface area contributed by atoms with Crippen LogP contribution in [0.5, 0.6) is 5.75 Å². The van der Waals surface area contributed by atoms with Gasteiger partial charge in [-0.2, -0.15) is 8.78 Å². The molecule has 0 aliphatic carbocycles. The van der Waals surface area contributed by atoms with Crippen LogP contribution in [-0.4, -0.2) is 27.2 Å². The minimum Gasteiger partial charge on any atom is -0.434 e. The first-order valence-corrected chi connectivity index (χ1v) is 8.57. The van der Waals surface area contributed by atoms with Crippen molar-refractivity contribution in [3.05, 3.63) is 54.1 Å². The van der Waals surface area contributed by atoms with Crippen LogP contribution in [0.15, 0.2) is 48.5 Å². The maximum atomic E-state index is 12.4. The van der Waals surface area contributed by atoms with E-state index in [2.05, 4.69) is 14.8 Å². The molecule has 2 rings (SSSR count). The van der Waals surface area contributed by atoms with Gasteiger partial charge in [-0.05, 0) is 30.3 Å². The molecule has 9 heteroatoms. The number of carbonyl (C=O) groups excluding carboxylic acids is 1. The second-order valence-corrected chi connectivity index (χ2v) is 6.53. The molecule has 6 nitrogen and oxygen atoms in total. The SMILES string of the molecule is CS(=O)(=O)Nc1cccc(NC(=O)c2ccccc2OC(F)F)c1. The van der Waals surface area contributed by atoms with Gasteiger partial charge in [-0.25, -0.2) is 8.42 Å². The number of ether oxygens (including phenoxy) is 1. The van der Waals surface area contributed by atoms with Crippen molar-refractivity contribution in [3.8, 4) is 5.75 Å². The van der Waals surface area contributed by atoms with Crippen LogP contribution in [0.2, 0.25) is 0 Å². The summed E-state index contributed by atoms with van der Waals surface area (Å²) in [5.41, 5.74) is 0.479. The van der Waals surface area contributed by atoms with Crippen LogP contribution in [0, 0.1) is 0 Å². The van der Waals surface area contributed by atoms with Crippen LogP contribution < -0.4 is 14.8 Å². The van der Waals surface area contributed by atoms with Gasteiger partial charge >= 0.3 is 6.61 Å². The van der Waals surface area contributed by atoms with E-state index in [1.165, 1.54) is 48.5 Å². The number of rotatable bonds is 6. The molecule has 2 aromatic carbocycles. The molecule has 24 heavy (non-hydrogen) atoms. The van der Waals surface area contributed by atoms with Gasteiger partial charge in [0.05, 0.1) is 17.5 Å². The number of amides is 1. The number of para-hydroxylation sites is 1. The fourth-order valence-electron chi connectivity index (χ4n) is 1.93. The molecular formula is C15H14F2N2O4S. The van der Waals surface area contributed by atoms with E-state index in [9.17, 15) is 22.0 Å². The number of hydrogen-bond acceptors (Lipinski definition) is 4. The molecular weight excluding hydrogens is 342 g/mol. The Kier molecular flexibility index (Phi) is 5.35. The van der Waals surface area contributed by atoms with E-state index in [0.717, 1.165) is 6.26 Å². The van der Waals surface area contributed by atoms with Crippen LogP contribution in [0.3, 0.4) is 0 Å². The number of sulfonamides is 1. The van der Waals surface area contributed by atoms with Gasteiger partial charge in [-0.15, -0.1) is 0 Å². The van der Waals surface area contributed by atoms with Crippen molar-refractivity contribution in [2.45, 2.75) is 6.61 Å². The van der Waals surface area contributed by atoms with E-state index in [1.54, 1.807) is 0 Å². The molecule has 0 saturated carbocycles. The monoisotopic (exact) mass is 356 g/mol. The number of hydrogen-bond donors (Lipinski definition) is 2. The van der Waals surface area contributed by atoms with Crippen LogP contribution in [-0.2, 0) is 10.0 Å². The normalized spacial score (nSPS) is 11.2. The predicted molar refractivity (Wildman–Crippen MR) is 85.9 cm³/mol. The van der Waals surface area contributed by atoms with Gasteiger partial charge in [0.25, 0.3) is 5.91 Å². The Morgan fingerprint density at radius 1 is 1.08 bits per heavy atom. The average molecular weight is 356 g/mol. The Labute approximate surface area is 137 Å². The molecule has 2 N–H and O–H groups in total. The Hall–Kier alpha value is -2.68. The second kappa shape index (κ2) is 7.26. The lowest BCUT2D eigenvalue weighted by Gasteiger charge is -2.11. The molecule has 0 fully saturated rings. The summed E-state index contributed by atoms with van der Waals surface area (Å²) in [5.74, 6) is -0.918. The number of carbonyl (C=O) groups is 1. The van der Waals surface area contributed by atoms with E-state index in [4.69, 9.17) is 0 Å². The zero-order valence-corrected chi connectivity index (χ0v) is 13.3. The smallest absolute Gasteiger partial charge is 0.387 e. The molecule has 1 amide bonds. The third-order valence-electron chi connectivity index (χ3n) is 2.77. The van der Waals surface area contributed by atoms with Crippen LogP contribution >= 0.6 is 0 Å². The highest BCUT2D eigenvalue weighted by molar-refractivity contribution is 7.92. The first-order chi connectivity index (χ1) is 11.2. The van der Waals surface area contributed by atoms with Crippen molar-refractivity contribution in [1.29, 1.82) is 0 Å². The predicted octanol–water partition coefficient (Wildman–Crippen LogP) is 2.91. The van der Waals surface area contributed by atoms with Gasteiger partial charge in [0.1, 0.15) is 5.75 Å². The highest BCUT2D eigenvalue weighted by atomic mass is 32.2. The topological polar surface area (TPSA) is 84.5 Å². The van der Waals surface area contributed by atoms with Crippen molar-refractivity contribution in [1.82, 2.24) is 0 Å². The molecule has 0 spiro atoms. The maximum Gasteiger partial charge on any atom is 0.387 e. The number of alkyl halides is 2. The number of anilines is 2. The lowest BCUT2D eigenvalue weighted by atomic mass is 10.2. The highest BCUT2D eigenvalue weighted by Gasteiger charge is 2.15. The highest BCUT2D eigenvalue weighted by Crippen LogP contribution is 2.22. The van der Waals surface area contributed by atoms with Gasteiger partial charge in [0, 0.05) is 5.69 Å². The number of nitrogens with one attached hydrogen (secondary N) is 2. The van der Waals surface area contributed by atoms with Crippen molar-refractivity contribution < 1.29 is 26.7 Å². The first-order valence-electron chi connectivity index (χ1n) is 6.67. The molecule has 0 aromatic heterocycles. The summed E-state index contributed by atoms with van der Waals surface area (Å²) in [5, 5.41) is 2.50. The minimum absolute atomic E-state index is 0.0701. The first kappa shape index (κ1) is 17.7. The fraction of sp³-hybridized carbons (Fsp3) is 0.133. The summed E-state index contributed by atoms with van der Waals surface area (Å²) < 4.78 is 53.8. The third kappa shape index (κ3) is 5.20. The van der Waals surface area contributed by atoms with E-state index in [-0.39, 0.29) is 17.0 Å². The van der Waals surface area contributed by atoms with Crippen molar-refractivity contribution in [2.75, 3.05) is 16.3 Å². The van der Waals surface area contributed by atoms with Crippen LogP contribution in [0.1, 0.15) is 10.4 Å². The summed E-state index contributed by atoms with van der Waals surface area (Å²) in [7, 11) is -3.46. The largest absolute Gasteiger partial charge is 0.434 e. The van der Waals surface area contributed by atoms with Gasteiger partial charge < -0.3 is 10.1 Å². The van der Waals surface area contributed by atoms with Crippen molar-refractivity contribution in [2.24, 2.45) is 0 Å². The average Bonchev–Trinajstić information content (AvgIpc) is 2.45.